The van der Waals surface area contributed by atoms with Crippen LogP contribution < -0.4 is 5.56 Å². The van der Waals surface area contributed by atoms with E-state index in [9.17, 15) is 4.79 Å². The first kappa shape index (κ1) is 17.1. The van der Waals surface area contributed by atoms with E-state index >= 15 is 0 Å². The summed E-state index contributed by atoms with van der Waals surface area (Å²) in [6.07, 6.45) is 2.62. The summed E-state index contributed by atoms with van der Waals surface area (Å²) in [7, 11) is 0. The number of fused-ring (bicyclic) bond motifs is 1. The highest BCUT2D eigenvalue weighted by molar-refractivity contribution is 7.98. The lowest BCUT2D eigenvalue weighted by atomic mass is 10.1. The highest BCUT2D eigenvalue weighted by Gasteiger charge is 2.16. The number of H-pyrrole nitrogens is 1. The zero-order valence-corrected chi connectivity index (χ0v) is 15.8. The van der Waals surface area contributed by atoms with Crippen LogP contribution in [0.3, 0.4) is 0 Å². The van der Waals surface area contributed by atoms with Gasteiger partial charge in [-0.2, -0.15) is 11.8 Å². The molecular formula is C18H17ClN2O2S2. The van der Waals surface area contributed by atoms with Crippen molar-refractivity contribution in [2.24, 2.45) is 0 Å². The van der Waals surface area contributed by atoms with E-state index in [2.05, 4.69) is 9.97 Å². The topological polar surface area (TPSA) is 55.0 Å². The van der Waals surface area contributed by atoms with Crippen LogP contribution in [-0.4, -0.2) is 28.4 Å². The normalized spacial score (nSPS) is 17.4. The molecule has 1 N–H and O–H groups in total. The third-order valence-electron chi connectivity index (χ3n) is 4.21. The van der Waals surface area contributed by atoms with Gasteiger partial charge in [-0.3, -0.25) is 4.79 Å². The van der Waals surface area contributed by atoms with Crippen molar-refractivity contribution in [3.63, 3.8) is 0 Å². The summed E-state index contributed by atoms with van der Waals surface area (Å²) in [5, 5.41) is 3.32. The summed E-state index contributed by atoms with van der Waals surface area (Å²) in [6, 6.07) is 7.51. The number of nitrogens with one attached hydrogen (secondary N) is 1. The zero-order valence-electron chi connectivity index (χ0n) is 13.5. The molecule has 0 radical (unpaired) electrons. The van der Waals surface area contributed by atoms with Crippen LogP contribution >= 0.6 is 34.7 Å². The fourth-order valence-electron chi connectivity index (χ4n) is 2.97. The Hall–Kier alpha value is -1.34. The molecule has 0 spiro atoms. The fourth-order valence-corrected chi connectivity index (χ4v) is 5.03. The number of hydrogen-bond acceptors (Lipinski definition) is 5. The zero-order chi connectivity index (χ0) is 17.2. The standard InChI is InChI=1S/C18H17ClN2O2S2/c19-12-5-3-11(4-6-12)14-9-25-18-16(14)17(22)20-15(21-18)10-24-8-13-2-1-7-23-13/h3-6,9,13H,1-2,7-8,10H2,(H,20,21,22). The van der Waals surface area contributed by atoms with E-state index in [1.807, 2.05) is 29.6 Å². The van der Waals surface area contributed by atoms with Gasteiger partial charge in [-0.25, -0.2) is 4.98 Å². The number of hydrogen-bond donors (Lipinski definition) is 1. The molecule has 4 rings (SSSR count). The first-order chi connectivity index (χ1) is 12.2. The lowest BCUT2D eigenvalue weighted by Crippen LogP contribution is -2.12. The SMILES string of the molecule is O=c1[nH]c(CSCC2CCCO2)nc2scc(-c3ccc(Cl)cc3)c12. The van der Waals surface area contributed by atoms with Crippen LogP contribution in [0, 0.1) is 0 Å². The van der Waals surface area contributed by atoms with Crippen LogP contribution in [-0.2, 0) is 10.5 Å². The van der Waals surface area contributed by atoms with Crippen molar-refractivity contribution in [2.45, 2.75) is 24.7 Å². The number of thiophene rings is 1. The van der Waals surface area contributed by atoms with Crippen molar-refractivity contribution in [1.29, 1.82) is 0 Å². The first-order valence-electron chi connectivity index (χ1n) is 8.16. The molecule has 7 heteroatoms. The van der Waals surface area contributed by atoms with Crippen molar-refractivity contribution in [2.75, 3.05) is 12.4 Å². The minimum atomic E-state index is -0.0797. The van der Waals surface area contributed by atoms with Gasteiger partial charge in [0.25, 0.3) is 5.56 Å². The van der Waals surface area contributed by atoms with Crippen LogP contribution in [0.25, 0.3) is 21.3 Å². The number of halogens is 1. The second-order valence-electron chi connectivity index (χ2n) is 6.00. The van der Waals surface area contributed by atoms with Crippen LogP contribution in [0.5, 0.6) is 0 Å². The molecule has 1 aliphatic heterocycles. The largest absolute Gasteiger partial charge is 0.377 e. The van der Waals surface area contributed by atoms with Gasteiger partial charge in [-0.15, -0.1) is 11.3 Å². The Morgan fingerprint density at radius 3 is 2.96 bits per heavy atom. The summed E-state index contributed by atoms with van der Waals surface area (Å²) in [6.45, 7) is 0.870. The minimum absolute atomic E-state index is 0.0797. The molecule has 1 aromatic carbocycles. The van der Waals surface area contributed by atoms with E-state index in [0.29, 0.717) is 22.3 Å². The minimum Gasteiger partial charge on any atom is -0.377 e. The molecule has 0 bridgehead atoms. The molecular weight excluding hydrogens is 376 g/mol. The molecule has 1 saturated heterocycles. The molecule has 130 valence electrons. The van der Waals surface area contributed by atoms with Gasteiger partial charge in [0, 0.05) is 28.3 Å². The molecule has 25 heavy (non-hydrogen) atoms. The van der Waals surface area contributed by atoms with Gasteiger partial charge in [0.05, 0.1) is 17.2 Å². The quantitative estimate of drug-likeness (QED) is 0.682. The number of nitrogens with zero attached hydrogens (tertiary/aromatic N) is 1. The van der Waals surface area contributed by atoms with Crippen molar-refractivity contribution in [3.8, 4) is 11.1 Å². The molecule has 2 aromatic heterocycles. The number of aromatic nitrogens is 2. The summed E-state index contributed by atoms with van der Waals surface area (Å²) in [5.74, 6) is 2.37. The summed E-state index contributed by atoms with van der Waals surface area (Å²) < 4.78 is 5.63. The van der Waals surface area contributed by atoms with Gasteiger partial charge >= 0.3 is 0 Å². The summed E-state index contributed by atoms with van der Waals surface area (Å²) in [4.78, 5) is 20.9. The maximum Gasteiger partial charge on any atom is 0.260 e. The Kier molecular flexibility index (Phi) is 5.12. The van der Waals surface area contributed by atoms with Crippen molar-refractivity contribution in [1.82, 2.24) is 9.97 Å². The van der Waals surface area contributed by atoms with Gasteiger partial charge < -0.3 is 9.72 Å². The van der Waals surface area contributed by atoms with E-state index in [1.54, 1.807) is 11.8 Å². The smallest absolute Gasteiger partial charge is 0.260 e. The van der Waals surface area contributed by atoms with Crippen LogP contribution in [0.1, 0.15) is 18.7 Å². The molecule has 0 amide bonds. The van der Waals surface area contributed by atoms with E-state index in [1.165, 1.54) is 11.3 Å². The highest BCUT2D eigenvalue weighted by Crippen LogP contribution is 2.31. The Morgan fingerprint density at radius 2 is 2.20 bits per heavy atom. The van der Waals surface area contributed by atoms with Gasteiger partial charge in [0.1, 0.15) is 10.7 Å². The lowest BCUT2D eigenvalue weighted by molar-refractivity contribution is 0.129. The molecule has 1 aliphatic rings. The third kappa shape index (κ3) is 3.77. The first-order valence-corrected chi connectivity index (χ1v) is 10.6. The monoisotopic (exact) mass is 392 g/mol. The molecule has 1 fully saturated rings. The lowest BCUT2D eigenvalue weighted by Gasteiger charge is -2.08. The predicted molar refractivity (Wildman–Crippen MR) is 106 cm³/mol. The molecule has 1 atom stereocenters. The van der Waals surface area contributed by atoms with Gasteiger partial charge in [-0.05, 0) is 30.5 Å². The summed E-state index contributed by atoms with van der Waals surface area (Å²) in [5.41, 5.74) is 1.80. The molecule has 1 unspecified atom stereocenters. The van der Waals surface area contributed by atoms with Gasteiger partial charge in [0.15, 0.2) is 0 Å². The number of rotatable bonds is 5. The number of ether oxygens (including phenoxy) is 1. The molecule has 4 nitrogen and oxygen atoms in total. The Balaban J connectivity index is 1.56. The molecule has 3 aromatic rings. The van der Waals surface area contributed by atoms with Crippen molar-refractivity contribution < 1.29 is 4.74 Å². The Bertz CT molecular complexity index is 930. The van der Waals surface area contributed by atoms with Crippen LogP contribution in [0.2, 0.25) is 5.02 Å². The summed E-state index contributed by atoms with van der Waals surface area (Å²) >= 11 is 9.21. The van der Waals surface area contributed by atoms with Gasteiger partial charge in [0.2, 0.25) is 0 Å². The number of benzene rings is 1. The van der Waals surface area contributed by atoms with Gasteiger partial charge in [-0.1, -0.05) is 23.7 Å². The number of thioether (sulfide) groups is 1. The Morgan fingerprint density at radius 1 is 1.36 bits per heavy atom. The van der Waals surface area contributed by atoms with Crippen molar-refractivity contribution in [3.05, 3.63) is 50.8 Å². The van der Waals surface area contributed by atoms with E-state index in [4.69, 9.17) is 16.3 Å². The predicted octanol–water partition coefficient (Wildman–Crippen LogP) is 4.72. The second kappa shape index (κ2) is 7.50. The van der Waals surface area contributed by atoms with E-state index < -0.39 is 0 Å². The van der Waals surface area contributed by atoms with Crippen molar-refractivity contribution >= 4 is 44.9 Å². The average molecular weight is 393 g/mol. The van der Waals surface area contributed by atoms with Crippen LogP contribution in [0.4, 0.5) is 0 Å². The van der Waals surface area contributed by atoms with E-state index in [-0.39, 0.29) is 5.56 Å². The second-order valence-corrected chi connectivity index (χ2v) is 8.32. The van der Waals surface area contributed by atoms with Crippen LogP contribution in [0.15, 0.2) is 34.4 Å². The average Bonchev–Trinajstić information content (AvgIpc) is 3.25. The molecule has 0 saturated carbocycles. The maximum absolute atomic E-state index is 12.6. The third-order valence-corrected chi connectivity index (χ3v) is 6.42. The van der Waals surface area contributed by atoms with E-state index in [0.717, 1.165) is 47.0 Å². The number of aromatic amines is 1. The molecule has 3 heterocycles. The molecule has 0 aliphatic carbocycles. The highest BCUT2D eigenvalue weighted by atomic mass is 35.5. The fraction of sp³-hybridized carbons (Fsp3) is 0.333. The maximum atomic E-state index is 12.6. The Labute approximate surface area is 158 Å².